The van der Waals surface area contributed by atoms with E-state index in [0.717, 1.165) is 0 Å². The van der Waals surface area contributed by atoms with Crippen LogP contribution in [0.3, 0.4) is 0 Å². The Morgan fingerprint density at radius 2 is 2.25 bits per heavy atom. The Morgan fingerprint density at radius 3 is 2.81 bits per heavy atom. The van der Waals surface area contributed by atoms with Crippen molar-refractivity contribution in [3.63, 3.8) is 0 Å². The van der Waals surface area contributed by atoms with E-state index in [2.05, 4.69) is 0 Å². The van der Waals surface area contributed by atoms with Crippen molar-refractivity contribution in [2.45, 2.75) is 13.0 Å². The van der Waals surface area contributed by atoms with Crippen LogP contribution in [0.5, 0.6) is 5.75 Å². The van der Waals surface area contributed by atoms with Crippen molar-refractivity contribution in [1.82, 2.24) is 0 Å². The van der Waals surface area contributed by atoms with Gasteiger partial charge in [0, 0.05) is 7.11 Å². The first kappa shape index (κ1) is 12.8. The first-order chi connectivity index (χ1) is 7.56. The Bertz CT molecular complexity index is 382. The second kappa shape index (κ2) is 5.72. The summed E-state index contributed by atoms with van der Waals surface area (Å²) in [6.45, 7) is 2.33. The van der Waals surface area contributed by atoms with E-state index in [-0.39, 0.29) is 11.9 Å². The lowest BCUT2D eigenvalue weighted by Gasteiger charge is -2.16. The zero-order valence-electron chi connectivity index (χ0n) is 9.29. The number of nitrogens with two attached hydrogens (primary N) is 1. The van der Waals surface area contributed by atoms with Crippen LogP contribution in [0, 0.1) is 5.41 Å². The lowest BCUT2D eigenvalue weighted by molar-refractivity contribution is 0.0919. The van der Waals surface area contributed by atoms with E-state index in [0.29, 0.717) is 22.9 Å². The molecule has 0 aromatic heterocycles. The third-order valence-electron chi connectivity index (χ3n) is 1.97. The van der Waals surface area contributed by atoms with Crippen LogP contribution < -0.4 is 10.5 Å². The van der Waals surface area contributed by atoms with Gasteiger partial charge in [0.15, 0.2) is 0 Å². The molecule has 3 N–H and O–H groups in total. The molecule has 0 aliphatic rings. The van der Waals surface area contributed by atoms with Gasteiger partial charge in [0.2, 0.25) is 0 Å². The van der Waals surface area contributed by atoms with E-state index in [9.17, 15) is 0 Å². The predicted octanol–water partition coefficient (Wildman–Crippen LogP) is 2.04. The van der Waals surface area contributed by atoms with Crippen molar-refractivity contribution >= 4 is 17.4 Å². The quantitative estimate of drug-likeness (QED) is 0.613. The van der Waals surface area contributed by atoms with Gasteiger partial charge in [-0.05, 0) is 19.1 Å². The fourth-order valence-electron chi connectivity index (χ4n) is 1.35. The molecule has 5 heteroatoms. The zero-order chi connectivity index (χ0) is 12.1. The van der Waals surface area contributed by atoms with E-state index in [1.807, 2.05) is 6.92 Å². The molecule has 1 atom stereocenters. The molecule has 88 valence electrons. The average Bonchev–Trinajstić information content (AvgIpc) is 2.17. The summed E-state index contributed by atoms with van der Waals surface area (Å²) in [5.41, 5.74) is 5.88. The van der Waals surface area contributed by atoms with Crippen LogP contribution in [0.1, 0.15) is 12.5 Å². The van der Waals surface area contributed by atoms with Crippen LogP contribution >= 0.6 is 11.6 Å². The monoisotopic (exact) mass is 242 g/mol. The number of rotatable bonds is 5. The second-order valence-corrected chi connectivity index (χ2v) is 3.82. The number of hydrogen-bond acceptors (Lipinski definition) is 3. The highest BCUT2D eigenvalue weighted by molar-refractivity contribution is 6.34. The van der Waals surface area contributed by atoms with Crippen LogP contribution in [-0.2, 0) is 4.74 Å². The number of benzene rings is 1. The number of ether oxygens (including phenoxy) is 2. The number of hydrogen-bond donors (Lipinski definition) is 2. The minimum atomic E-state index is -0.124. The number of halogens is 1. The Kier molecular flexibility index (Phi) is 4.58. The average molecular weight is 243 g/mol. The van der Waals surface area contributed by atoms with Crippen molar-refractivity contribution in [2.75, 3.05) is 13.7 Å². The van der Waals surface area contributed by atoms with Gasteiger partial charge in [-0.15, -0.1) is 0 Å². The van der Waals surface area contributed by atoms with Gasteiger partial charge in [0.25, 0.3) is 0 Å². The molecule has 0 spiro atoms. The Hall–Kier alpha value is -1.26. The first-order valence-corrected chi connectivity index (χ1v) is 5.22. The summed E-state index contributed by atoms with van der Waals surface area (Å²) in [5.74, 6) is 0.398. The third-order valence-corrected chi connectivity index (χ3v) is 2.29. The summed E-state index contributed by atoms with van der Waals surface area (Å²) in [5, 5.41) is 7.86. The van der Waals surface area contributed by atoms with Crippen molar-refractivity contribution < 1.29 is 9.47 Å². The molecule has 0 bridgehead atoms. The molecular formula is C11H15ClN2O2. The van der Waals surface area contributed by atoms with Gasteiger partial charge in [-0.1, -0.05) is 17.7 Å². The number of methoxy groups -OCH3 is 1. The van der Waals surface area contributed by atoms with Crippen molar-refractivity contribution in [1.29, 1.82) is 5.41 Å². The molecule has 4 nitrogen and oxygen atoms in total. The molecule has 1 unspecified atom stereocenters. The molecule has 16 heavy (non-hydrogen) atoms. The first-order valence-electron chi connectivity index (χ1n) is 4.84. The summed E-state index contributed by atoms with van der Waals surface area (Å²) in [6.07, 6.45) is -0.124. The molecule has 0 aliphatic carbocycles. The van der Waals surface area contributed by atoms with Gasteiger partial charge in [0.1, 0.15) is 17.7 Å². The Morgan fingerprint density at radius 1 is 1.56 bits per heavy atom. The number of amidine groups is 1. The van der Waals surface area contributed by atoms with Crippen LogP contribution in [0.15, 0.2) is 18.2 Å². The summed E-state index contributed by atoms with van der Waals surface area (Å²) >= 11 is 5.95. The van der Waals surface area contributed by atoms with Crippen LogP contribution in [0.2, 0.25) is 5.02 Å². The van der Waals surface area contributed by atoms with Crippen molar-refractivity contribution in [3.8, 4) is 5.75 Å². The fourth-order valence-corrected chi connectivity index (χ4v) is 1.62. The van der Waals surface area contributed by atoms with Crippen LogP contribution in [0.4, 0.5) is 0 Å². The Labute approximate surface area is 99.8 Å². The van der Waals surface area contributed by atoms with E-state index < -0.39 is 0 Å². The molecule has 0 radical (unpaired) electrons. The lowest BCUT2D eigenvalue weighted by atomic mass is 10.2. The summed E-state index contributed by atoms with van der Waals surface area (Å²) in [4.78, 5) is 0. The molecule has 0 amide bonds. The zero-order valence-corrected chi connectivity index (χ0v) is 10.0. The Balaban J connectivity index is 2.95. The lowest BCUT2D eigenvalue weighted by Crippen LogP contribution is -2.21. The number of nitrogens with one attached hydrogen (secondary N) is 1. The van der Waals surface area contributed by atoms with Crippen LogP contribution in [0.25, 0.3) is 0 Å². The van der Waals surface area contributed by atoms with Crippen molar-refractivity contribution in [2.24, 2.45) is 5.73 Å². The topological polar surface area (TPSA) is 68.3 Å². The van der Waals surface area contributed by atoms with Crippen LogP contribution in [-0.4, -0.2) is 25.7 Å². The SMILES string of the molecule is COCC(C)Oc1cccc(Cl)c1C(=N)N. The largest absolute Gasteiger partial charge is 0.487 e. The molecule has 0 saturated heterocycles. The molecule has 1 aromatic carbocycles. The smallest absolute Gasteiger partial charge is 0.132 e. The van der Waals surface area contributed by atoms with Crippen molar-refractivity contribution in [3.05, 3.63) is 28.8 Å². The van der Waals surface area contributed by atoms with Gasteiger partial charge in [-0.2, -0.15) is 0 Å². The predicted molar refractivity (Wildman–Crippen MR) is 64.4 cm³/mol. The fraction of sp³-hybridized carbons (Fsp3) is 0.364. The maximum Gasteiger partial charge on any atom is 0.132 e. The normalized spacial score (nSPS) is 12.2. The molecule has 0 fully saturated rings. The van der Waals surface area contributed by atoms with E-state index in [1.54, 1.807) is 25.3 Å². The molecule has 0 heterocycles. The molecule has 0 saturated carbocycles. The van der Waals surface area contributed by atoms with Gasteiger partial charge < -0.3 is 15.2 Å². The van der Waals surface area contributed by atoms with E-state index in [1.165, 1.54) is 0 Å². The molecule has 1 aromatic rings. The van der Waals surface area contributed by atoms with E-state index in [4.69, 9.17) is 32.2 Å². The highest BCUT2D eigenvalue weighted by Gasteiger charge is 2.13. The van der Waals surface area contributed by atoms with Gasteiger partial charge in [0.05, 0.1) is 17.2 Å². The standard InChI is InChI=1S/C11H15ClN2O2/c1-7(6-15-2)16-9-5-3-4-8(12)10(9)11(13)14/h3-5,7H,6H2,1-2H3,(H3,13,14). The summed E-state index contributed by atoms with van der Waals surface area (Å²) < 4.78 is 10.6. The minimum Gasteiger partial charge on any atom is -0.487 e. The third kappa shape index (κ3) is 3.12. The summed E-state index contributed by atoms with van der Waals surface area (Å²) in [7, 11) is 1.60. The maximum atomic E-state index is 7.45. The van der Waals surface area contributed by atoms with E-state index >= 15 is 0 Å². The minimum absolute atomic E-state index is 0.106. The highest BCUT2D eigenvalue weighted by atomic mass is 35.5. The highest BCUT2D eigenvalue weighted by Crippen LogP contribution is 2.26. The second-order valence-electron chi connectivity index (χ2n) is 3.41. The van der Waals surface area contributed by atoms with Gasteiger partial charge >= 0.3 is 0 Å². The molecule has 0 aliphatic heterocycles. The van der Waals surface area contributed by atoms with Gasteiger partial charge in [-0.3, -0.25) is 5.41 Å². The summed E-state index contributed by atoms with van der Waals surface area (Å²) in [6, 6.07) is 5.16. The maximum absolute atomic E-state index is 7.45. The number of nitrogen functional groups attached to an aromatic ring is 1. The molecule has 1 rings (SSSR count). The van der Waals surface area contributed by atoms with Gasteiger partial charge in [-0.25, -0.2) is 0 Å². The molecular weight excluding hydrogens is 228 g/mol.